The zero-order chi connectivity index (χ0) is 18.9. The van der Waals surface area contributed by atoms with Crippen molar-refractivity contribution >= 4 is 12.0 Å². The highest BCUT2D eigenvalue weighted by molar-refractivity contribution is 5.85. The van der Waals surface area contributed by atoms with E-state index in [1.807, 2.05) is 9.80 Å². The van der Waals surface area contributed by atoms with Crippen LogP contribution in [0.25, 0.3) is 0 Å². The first-order chi connectivity index (χ1) is 12.2. The van der Waals surface area contributed by atoms with Gasteiger partial charge in [-0.05, 0) is 38.8 Å². The molecule has 2 amide bonds. The summed E-state index contributed by atoms with van der Waals surface area (Å²) in [6.07, 6.45) is 4.36. The number of nitrogens with zero attached hydrogens (tertiary/aromatic N) is 3. The lowest BCUT2D eigenvalue weighted by molar-refractivity contribution is -0.139. The molecule has 0 unspecified atom stereocenters. The van der Waals surface area contributed by atoms with E-state index in [2.05, 4.69) is 32.7 Å². The van der Waals surface area contributed by atoms with Gasteiger partial charge in [0.1, 0.15) is 5.60 Å². The highest BCUT2D eigenvalue weighted by Crippen LogP contribution is 2.47. The third-order valence-corrected chi connectivity index (χ3v) is 6.16. The zero-order valence-electron chi connectivity index (χ0n) is 16.9. The Morgan fingerprint density at radius 2 is 1.88 bits per heavy atom. The fraction of sp³-hybridized carbons (Fsp3) is 0.900. The van der Waals surface area contributed by atoms with Crippen molar-refractivity contribution in [1.29, 1.82) is 0 Å². The summed E-state index contributed by atoms with van der Waals surface area (Å²) >= 11 is 0. The van der Waals surface area contributed by atoms with Gasteiger partial charge in [-0.3, -0.25) is 4.79 Å². The Bertz CT molecular complexity index is 536. The summed E-state index contributed by atoms with van der Waals surface area (Å²) in [4.78, 5) is 31.0. The Hall–Kier alpha value is -1.30. The van der Waals surface area contributed by atoms with Gasteiger partial charge in [-0.25, -0.2) is 4.79 Å². The van der Waals surface area contributed by atoms with Crippen molar-refractivity contribution < 1.29 is 14.3 Å². The first-order valence-corrected chi connectivity index (χ1v) is 10.2. The molecule has 1 aliphatic carbocycles. The van der Waals surface area contributed by atoms with Crippen LogP contribution in [-0.2, 0) is 9.53 Å². The van der Waals surface area contributed by atoms with Crippen molar-refractivity contribution in [3.63, 3.8) is 0 Å². The van der Waals surface area contributed by atoms with Gasteiger partial charge in [-0.1, -0.05) is 20.8 Å². The van der Waals surface area contributed by atoms with Crippen LogP contribution in [0.4, 0.5) is 4.79 Å². The minimum Gasteiger partial charge on any atom is -0.441 e. The first-order valence-electron chi connectivity index (χ1n) is 10.2. The summed E-state index contributed by atoms with van der Waals surface area (Å²) < 4.78 is 5.79. The van der Waals surface area contributed by atoms with Gasteiger partial charge >= 0.3 is 6.09 Å². The molecule has 2 aliphatic heterocycles. The highest BCUT2D eigenvalue weighted by Gasteiger charge is 2.51. The van der Waals surface area contributed by atoms with Crippen molar-refractivity contribution in [2.24, 2.45) is 11.3 Å². The molecule has 3 fully saturated rings. The van der Waals surface area contributed by atoms with Gasteiger partial charge in [0, 0.05) is 44.4 Å². The Balaban J connectivity index is 1.43. The SMILES string of the molecule is CC(C)CN(C)CCCN1CC2(CCN(C(=O)C3(C)CC3)CC2)OC1=O. The zero-order valence-corrected chi connectivity index (χ0v) is 16.9. The second kappa shape index (κ2) is 7.37. The van der Waals surface area contributed by atoms with E-state index < -0.39 is 0 Å². The fourth-order valence-electron chi connectivity index (χ4n) is 4.27. The lowest BCUT2D eigenvalue weighted by Gasteiger charge is -2.38. The minimum absolute atomic E-state index is 0.106. The summed E-state index contributed by atoms with van der Waals surface area (Å²) in [6, 6.07) is 0. The van der Waals surface area contributed by atoms with E-state index in [0.29, 0.717) is 31.5 Å². The molecule has 6 nitrogen and oxygen atoms in total. The van der Waals surface area contributed by atoms with Gasteiger partial charge in [0.25, 0.3) is 0 Å². The van der Waals surface area contributed by atoms with Crippen molar-refractivity contribution in [1.82, 2.24) is 14.7 Å². The summed E-state index contributed by atoms with van der Waals surface area (Å²) in [6.45, 7) is 11.4. The average molecular weight is 366 g/mol. The molecule has 0 atom stereocenters. The predicted octanol–water partition coefficient (Wildman–Crippen LogP) is 2.58. The summed E-state index contributed by atoms with van der Waals surface area (Å²) in [5, 5.41) is 0. The third kappa shape index (κ3) is 4.33. The van der Waals surface area contributed by atoms with Crippen LogP contribution in [0.15, 0.2) is 0 Å². The van der Waals surface area contributed by atoms with Gasteiger partial charge in [-0.2, -0.15) is 0 Å². The molecule has 0 radical (unpaired) electrons. The monoisotopic (exact) mass is 365 g/mol. The molecule has 2 heterocycles. The molecule has 6 heteroatoms. The molecule has 3 aliphatic rings. The second-order valence-corrected chi connectivity index (χ2v) is 9.34. The largest absolute Gasteiger partial charge is 0.441 e. The molecule has 0 aromatic heterocycles. The van der Waals surface area contributed by atoms with Crippen LogP contribution in [0.1, 0.15) is 52.9 Å². The van der Waals surface area contributed by atoms with E-state index in [4.69, 9.17) is 4.74 Å². The molecule has 2 saturated heterocycles. The van der Waals surface area contributed by atoms with Crippen LogP contribution in [0.5, 0.6) is 0 Å². The predicted molar refractivity (Wildman–Crippen MR) is 101 cm³/mol. The summed E-state index contributed by atoms with van der Waals surface area (Å²) in [5.74, 6) is 0.951. The second-order valence-electron chi connectivity index (χ2n) is 9.34. The van der Waals surface area contributed by atoms with E-state index >= 15 is 0 Å². The Morgan fingerprint density at radius 1 is 1.23 bits per heavy atom. The van der Waals surface area contributed by atoms with Gasteiger partial charge in [0.15, 0.2) is 0 Å². The average Bonchev–Trinajstić information content (AvgIpc) is 3.25. The minimum atomic E-state index is -0.373. The molecule has 1 saturated carbocycles. The van der Waals surface area contributed by atoms with E-state index in [0.717, 1.165) is 51.7 Å². The Labute approximate surface area is 157 Å². The quantitative estimate of drug-likeness (QED) is 0.696. The van der Waals surface area contributed by atoms with Crippen LogP contribution >= 0.6 is 0 Å². The number of hydrogen-bond donors (Lipinski definition) is 0. The van der Waals surface area contributed by atoms with E-state index in [9.17, 15) is 9.59 Å². The smallest absolute Gasteiger partial charge is 0.410 e. The van der Waals surface area contributed by atoms with E-state index in [-0.39, 0.29) is 17.1 Å². The maximum absolute atomic E-state index is 12.5. The first kappa shape index (κ1) is 19.5. The third-order valence-electron chi connectivity index (χ3n) is 6.16. The van der Waals surface area contributed by atoms with Gasteiger partial charge in [-0.15, -0.1) is 0 Å². The van der Waals surface area contributed by atoms with Crippen LogP contribution in [-0.4, -0.2) is 78.6 Å². The van der Waals surface area contributed by atoms with Crippen LogP contribution in [0, 0.1) is 11.3 Å². The molecule has 26 heavy (non-hydrogen) atoms. The molecule has 3 rings (SSSR count). The van der Waals surface area contributed by atoms with Crippen LogP contribution in [0.2, 0.25) is 0 Å². The van der Waals surface area contributed by atoms with E-state index in [1.165, 1.54) is 0 Å². The topological polar surface area (TPSA) is 53.1 Å². The standard InChI is InChI=1S/C20H35N3O3/c1-16(2)14-21(4)10-5-11-23-15-20(26-18(23)25)8-12-22(13-9-20)17(24)19(3)6-7-19/h16H,5-15H2,1-4H3. The number of hydrogen-bond acceptors (Lipinski definition) is 4. The molecule has 0 N–H and O–H groups in total. The number of carbonyl (C=O) groups excluding carboxylic acids is 2. The molecule has 0 aromatic rings. The van der Waals surface area contributed by atoms with Crippen molar-refractivity contribution in [2.75, 3.05) is 46.3 Å². The number of amides is 2. The summed E-state index contributed by atoms with van der Waals surface area (Å²) in [5.41, 5.74) is -0.479. The number of rotatable bonds is 7. The molecule has 0 aromatic carbocycles. The molecule has 148 valence electrons. The Kier molecular flexibility index (Phi) is 5.52. The molecule has 0 bridgehead atoms. The normalized spacial score (nSPS) is 23.8. The molecule has 1 spiro atoms. The van der Waals surface area contributed by atoms with Gasteiger partial charge < -0.3 is 19.4 Å². The number of likely N-dealkylation sites (tertiary alicyclic amines) is 1. The maximum Gasteiger partial charge on any atom is 0.410 e. The highest BCUT2D eigenvalue weighted by atomic mass is 16.6. The van der Waals surface area contributed by atoms with Crippen molar-refractivity contribution in [3.05, 3.63) is 0 Å². The lowest BCUT2D eigenvalue weighted by Crippen LogP contribution is -2.50. The van der Waals surface area contributed by atoms with Gasteiger partial charge in [0.2, 0.25) is 5.91 Å². The summed E-state index contributed by atoms with van der Waals surface area (Å²) in [7, 11) is 2.14. The fourth-order valence-corrected chi connectivity index (χ4v) is 4.27. The van der Waals surface area contributed by atoms with Crippen LogP contribution < -0.4 is 0 Å². The van der Waals surface area contributed by atoms with Crippen LogP contribution in [0.3, 0.4) is 0 Å². The number of piperidine rings is 1. The van der Waals surface area contributed by atoms with E-state index in [1.54, 1.807) is 0 Å². The lowest BCUT2D eigenvalue weighted by atomic mass is 9.90. The Morgan fingerprint density at radius 3 is 2.46 bits per heavy atom. The molecular weight excluding hydrogens is 330 g/mol. The number of ether oxygens (including phenoxy) is 1. The number of carbonyl (C=O) groups is 2. The molecular formula is C20H35N3O3. The van der Waals surface area contributed by atoms with Crippen molar-refractivity contribution in [2.45, 2.75) is 58.5 Å². The maximum atomic E-state index is 12.5. The van der Waals surface area contributed by atoms with Gasteiger partial charge in [0.05, 0.1) is 6.54 Å². The van der Waals surface area contributed by atoms with Crippen molar-refractivity contribution in [3.8, 4) is 0 Å².